The van der Waals surface area contributed by atoms with Crippen LogP contribution >= 0.6 is 0 Å². The Bertz CT molecular complexity index is 933. The lowest BCUT2D eigenvalue weighted by molar-refractivity contribution is 0.0954. The highest BCUT2D eigenvalue weighted by atomic mass is 32.2. The third kappa shape index (κ3) is 6.49. The SMILES string of the molecule is CC(C)(C)c1ncc(C(=O)NC/C=C/S(C)(=O)=O)c(Oc2ccccc2)n1. The van der Waals surface area contributed by atoms with E-state index in [0.717, 1.165) is 11.7 Å². The van der Waals surface area contributed by atoms with E-state index in [1.54, 1.807) is 12.1 Å². The van der Waals surface area contributed by atoms with Crippen molar-refractivity contribution in [3.05, 3.63) is 59.4 Å². The monoisotopic (exact) mass is 389 g/mol. The number of hydrogen-bond acceptors (Lipinski definition) is 6. The van der Waals surface area contributed by atoms with Crippen molar-refractivity contribution in [2.75, 3.05) is 12.8 Å². The first-order chi connectivity index (χ1) is 12.6. The van der Waals surface area contributed by atoms with Gasteiger partial charge >= 0.3 is 0 Å². The van der Waals surface area contributed by atoms with Gasteiger partial charge in [0.1, 0.15) is 17.1 Å². The molecular formula is C19H23N3O4S. The maximum atomic E-state index is 12.5. The lowest BCUT2D eigenvalue weighted by atomic mass is 9.95. The number of ether oxygens (including phenoxy) is 1. The van der Waals surface area contributed by atoms with Crippen LogP contribution in [0.25, 0.3) is 0 Å². The van der Waals surface area contributed by atoms with Crippen molar-refractivity contribution in [2.24, 2.45) is 0 Å². The number of hydrogen-bond donors (Lipinski definition) is 1. The molecule has 1 amide bonds. The molecule has 0 unspecified atom stereocenters. The molecule has 7 nitrogen and oxygen atoms in total. The molecular weight excluding hydrogens is 366 g/mol. The van der Waals surface area contributed by atoms with Crippen LogP contribution in [0.5, 0.6) is 11.6 Å². The standard InChI is InChI=1S/C19H23N3O4S/c1-19(2,3)18-21-13-15(16(23)20-11-8-12-27(4,24)25)17(22-18)26-14-9-6-5-7-10-14/h5-10,12-13H,11H2,1-4H3,(H,20,23)/b12-8+. The first-order valence-electron chi connectivity index (χ1n) is 8.31. The summed E-state index contributed by atoms with van der Waals surface area (Å²) in [6.45, 7) is 5.94. The van der Waals surface area contributed by atoms with Crippen molar-refractivity contribution >= 4 is 15.7 Å². The number of para-hydroxylation sites is 1. The zero-order valence-electron chi connectivity index (χ0n) is 15.8. The molecule has 1 aromatic heterocycles. The van der Waals surface area contributed by atoms with Crippen LogP contribution in [0.1, 0.15) is 37.0 Å². The Morgan fingerprint density at radius 2 is 1.89 bits per heavy atom. The number of nitrogens with zero attached hydrogens (tertiary/aromatic N) is 2. The van der Waals surface area contributed by atoms with Gasteiger partial charge < -0.3 is 10.1 Å². The van der Waals surface area contributed by atoms with E-state index in [-0.39, 0.29) is 23.4 Å². The molecule has 0 aliphatic rings. The highest BCUT2D eigenvalue weighted by Crippen LogP contribution is 2.26. The van der Waals surface area contributed by atoms with Gasteiger partial charge in [0.2, 0.25) is 5.88 Å². The fourth-order valence-corrected chi connectivity index (χ4v) is 2.48. The van der Waals surface area contributed by atoms with Crippen molar-refractivity contribution in [2.45, 2.75) is 26.2 Å². The Morgan fingerprint density at radius 3 is 2.48 bits per heavy atom. The summed E-state index contributed by atoms with van der Waals surface area (Å²) in [5, 5.41) is 3.64. The molecule has 0 atom stereocenters. The molecule has 1 aromatic carbocycles. The molecule has 144 valence electrons. The van der Waals surface area contributed by atoms with Crippen LogP contribution in [0.3, 0.4) is 0 Å². The van der Waals surface area contributed by atoms with Crippen molar-refractivity contribution in [3.63, 3.8) is 0 Å². The van der Waals surface area contributed by atoms with Gasteiger partial charge in [-0.05, 0) is 12.1 Å². The van der Waals surface area contributed by atoms with E-state index < -0.39 is 15.7 Å². The lowest BCUT2D eigenvalue weighted by Crippen LogP contribution is -2.25. The topological polar surface area (TPSA) is 98.2 Å². The van der Waals surface area contributed by atoms with Gasteiger partial charge in [0.15, 0.2) is 9.84 Å². The predicted octanol–water partition coefficient (Wildman–Crippen LogP) is 2.85. The minimum absolute atomic E-state index is 0.0533. The van der Waals surface area contributed by atoms with Gasteiger partial charge in [0.25, 0.3) is 5.91 Å². The summed E-state index contributed by atoms with van der Waals surface area (Å²) in [4.78, 5) is 21.2. The van der Waals surface area contributed by atoms with Gasteiger partial charge in [-0.3, -0.25) is 4.79 Å². The molecule has 0 saturated heterocycles. The largest absolute Gasteiger partial charge is 0.438 e. The highest BCUT2D eigenvalue weighted by Gasteiger charge is 2.22. The first-order valence-corrected chi connectivity index (χ1v) is 10.3. The van der Waals surface area contributed by atoms with E-state index in [0.29, 0.717) is 11.6 Å². The minimum Gasteiger partial charge on any atom is -0.438 e. The van der Waals surface area contributed by atoms with E-state index in [1.807, 2.05) is 39.0 Å². The van der Waals surface area contributed by atoms with Gasteiger partial charge in [0, 0.05) is 29.8 Å². The number of carbonyl (C=O) groups is 1. The summed E-state index contributed by atoms with van der Waals surface area (Å²) in [5.74, 6) is 0.772. The van der Waals surface area contributed by atoms with E-state index in [9.17, 15) is 13.2 Å². The maximum absolute atomic E-state index is 12.5. The molecule has 0 saturated carbocycles. The molecule has 0 aliphatic heterocycles. The van der Waals surface area contributed by atoms with Gasteiger partial charge in [-0.25, -0.2) is 13.4 Å². The summed E-state index contributed by atoms with van der Waals surface area (Å²) >= 11 is 0. The lowest BCUT2D eigenvalue weighted by Gasteiger charge is -2.18. The summed E-state index contributed by atoms with van der Waals surface area (Å²) in [6.07, 6.45) is 3.85. The second kappa shape index (κ2) is 8.30. The molecule has 0 radical (unpaired) electrons. The van der Waals surface area contributed by atoms with Gasteiger partial charge in [-0.2, -0.15) is 4.98 Å². The molecule has 2 aromatic rings. The van der Waals surface area contributed by atoms with E-state index in [1.165, 1.54) is 12.3 Å². The average molecular weight is 389 g/mol. The predicted molar refractivity (Wildman–Crippen MR) is 104 cm³/mol. The summed E-state index contributed by atoms with van der Waals surface area (Å²) < 4.78 is 28.0. The number of carbonyl (C=O) groups excluding carboxylic acids is 1. The normalized spacial score (nSPS) is 12.1. The first kappa shape index (κ1) is 20.6. The molecule has 2 rings (SSSR count). The highest BCUT2D eigenvalue weighted by molar-refractivity contribution is 7.93. The van der Waals surface area contributed by atoms with Crippen LogP contribution < -0.4 is 10.1 Å². The second-order valence-corrected chi connectivity index (χ2v) is 8.92. The zero-order chi connectivity index (χ0) is 20.1. The van der Waals surface area contributed by atoms with Gasteiger partial charge in [0.05, 0.1) is 0 Å². The zero-order valence-corrected chi connectivity index (χ0v) is 16.6. The molecule has 0 aliphatic carbocycles. The Morgan fingerprint density at radius 1 is 1.22 bits per heavy atom. The average Bonchev–Trinajstić information content (AvgIpc) is 2.58. The number of rotatable bonds is 6. The summed E-state index contributed by atoms with van der Waals surface area (Å²) in [5.41, 5.74) is -0.151. The van der Waals surface area contributed by atoms with Crippen LogP contribution in [-0.4, -0.2) is 37.1 Å². The number of aromatic nitrogens is 2. The molecule has 1 heterocycles. The summed E-state index contributed by atoms with van der Waals surface area (Å²) in [7, 11) is -3.24. The summed E-state index contributed by atoms with van der Waals surface area (Å²) in [6, 6.07) is 9.01. The number of nitrogens with one attached hydrogen (secondary N) is 1. The molecule has 0 fully saturated rings. The molecule has 27 heavy (non-hydrogen) atoms. The molecule has 8 heteroatoms. The maximum Gasteiger partial charge on any atom is 0.258 e. The Labute approximate surface area is 159 Å². The van der Waals surface area contributed by atoms with Crippen molar-refractivity contribution in [1.82, 2.24) is 15.3 Å². The van der Waals surface area contributed by atoms with E-state index in [4.69, 9.17) is 4.74 Å². The minimum atomic E-state index is -3.24. The molecule has 0 bridgehead atoms. The van der Waals surface area contributed by atoms with Crippen LogP contribution in [0.4, 0.5) is 0 Å². The van der Waals surface area contributed by atoms with E-state index >= 15 is 0 Å². The second-order valence-electron chi connectivity index (χ2n) is 6.99. The van der Waals surface area contributed by atoms with Gasteiger partial charge in [-0.1, -0.05) is 45.0 Å². The fraction of sp³-hybridized carbons (Fsp3) is 0.316. The third-order valence-electron chi connectivity index (χ3n) is 3.35. The number of benzene rings is 1. The quantitative estimate of drug-likeness (QED) is 0.816. The van der Waals surface area contributed by atoms with Crippen molar-refractivity contribution in [1.29, 1.82) is 0 Å². The molecule has 0 spiro atoms. The Hall–Kier alpha value is -2.74. The third-order valence-corrected chi connectivity index (χ3v) is 4.04. The smallest absolute Gasteiger partial charge is 0.258 e. The van der Waals surface area contributed by atoms with Gasteiger partial charge in [-0.15, -0.1) is 0 Å². The number of sulfone groups is 1. The van der Waals surface area contributed by atoms with E-state index in [2.05, 4.69) is 15.3 Å². The van der Waals surface area contributed by atoms with Crippen LogP contribution in [0.2, 0.25) is 0 Å². The van der Waals surface area contributed by atoms with Crippen LogP contribution in [0, 0.1) is 0 Å². The Kier molecular flexibility index (Phi) is 6.32. The van der Waals surface area contributed by atoms with Crippen molar-refractivity contribution < 1.29 is 17.9 Å². The molecule has 1 N–H and O–H groups in total. The van der Waals surface area contributed by atoms with Crippen molar-refractivity contribution in [3.8, 4) is 11.6 Å². The van der Waals surface area contributed by atoms with Crippen LogP contribution in [-0.2, 0) is 15.3 Å². The van der Waals surface area contributed by atoms with Crippen LogP contribution in [0.15, 0.2) is 48.0 Å². The fourth-order valence-electron chi connectivity index (χ4n) is 2.03. The number of amides is 1. The Balaban J connectivity index is 2.28.